The summed E-state index contributed by atoms with van der Waals surface area (Å²) in [6.45, 7) is 7.69. The second-order valence-electron chi connectivity index (χ2n) is 4.46. The van der Waals surface area contributed by atoms with Gasteiger partial charge in [0.2, 0.25) is 5.91 Å². The molecule has 88 valence electrons. The van der Waals surface area contributed by atoms with Crippen LogP contribution in [0.15, 0.2) is 18.2 Å². The number of carbonyl (C=O) groups is 1. The van der Waals surface area contributed by atoms with E-state index >= 15 is 0 Å². The third-order valence-corrected chi connectivity index (χ3v) is 2.84. The molecule has 2 atom stereocenters. The van der Waals surface area contributed by atoms with E-state index in [-0.39, 0.29) is 17.9 Å². The molecule has 1 aromatic rings. The molecule has 0 aliphatic rings. The van der Waals surface area contributed by atoms with Crippen molar-refractivity contribution < 1.29 is 4.79 Å². The maximum atomic E-state index is 11.8. The molecule has 3 N–H and O–H groups in total. The topological polar surface area (TPSA) is 55.1 Å². The first kappa shape index (κ1) is 12.7. The summed E-state index contributed by atoms with van der Waals surface area (Å²) in [6, 6.07) is 5.83. The zero-order valence-electron chi connectivity index (χ0n) is 10.4. The molecule has 0 heterocycles. The van der Waals surface area contributed by atoms with Crippen molar-refractivity contribution in [3.05, 3.63) is 29.3 Å². The normalized spacial score (nSPS) is 14.3. The summed E-state index contributed by atoms with van der Waals surface area (Å²) >= 11 is 0. The maximum Gasteiger partial charge on any atom is 0.228 e. The van der Waals surface area contributed by atoms with E-state index in [1.165, 1.54) is 5.56 Å². The Bertz CT molecular complexity index is 386. The minimum Gasteiger partial charge on any atom is -0.327 e. The molecule has 0 aliphatic carbocycles. The zero-order valence-corrected chi connectivity index (χ0v) is 10.4. The van der Waals surface area contributed by atoms with Gasteiger partial charge in [0.05, 0.1) is 5.92 Å². The molecule has 1 rings (SSSR count). The molecule has 3 heteroatoms. The molecule has 0 fully saturated rings. The van der Waals surface area contributed by atoms with Crippen molar-refractivity contribution in [1.29, 1.82) is 0 Å². The van der Waals surface area contributed by atoms with Crippen molar-refractivity contribution in [2.75, 3.05) is 5.32 Å². The number of nitrogens with two attached hydrogens (primary N) is 1. The molecule has 1 aromatic carbocycles. The van der Waals surface area contributed by atoms with Crippen LogP contribution in [0, 0.1) is 19.8 Å². The first-order chi connectivity index (χ1) is 7.41. The zero-order chi connectivity index (χ0) is 12.3. The Kier molecular flexibility index (Phi) is 4.07. The van der Waals surface area contributed by atoms with Crippen LogP contribution in [0.3, 0.4) is 0 Å². The summed E-state index contributed by atoms with van der Waals surface area (Å²) in [7, 11) is 0. The quantitative estimate of drug-likeness (QED) is 0.820. The molecule has 1 amide bonds. The molecular formula is C13H20N2O. The van der Waals surface area contributed by atoms with E-state index in [1.807, 2.05) is 45.9 Å². The Morgan fingerprint density at radius 1 is 1.31 bits per heavy atom. The molecule has 3 nitrogen and oxygen atoms in total. The first-order valence-corrected chi connectivity index (χ1v) is 5.55. The molecule has 2 unspecified atom stereocenters. The molecule has 0 aromatic heterocycles. The van der Waals surface area contributed by atoms with Crippen LogP contribution >= 0.6 is 0 Å². The van der Waals surface area contributed by atoms with E-state index in [0.29, 0.717) is 0 Å². The van der Waals surface area contributed by atoms with Crippen LogP contribution in [0.5, 0.6) is 0 Å². The molecular weight excluding hydrogens is 200 g/mol. The Labute approximate surface area is 97.0 Å². The minimum absolute atomic E-state index is 0.0260. The van der Waals surface area contributed by atoms with Gasteiger partial charge in [0.15, 0.2) is 0 Å². The summed E-state index contributed by atoms with van der Waals surface area (Å²) < 4.78 is 0. The number of aryl methyl sites for hydroxylation is 2. The van der Waals surface area contributed by atoms with E-state index in [0.717, 1.165) is 11.3 Å². The summed E-state index contributed by atoms with van der Waals surface area (Å²) in [4.78, 5) is 11.8. The smallest absolute Gasteiger partial charge is 0.228 e. The number of hydrogen-bond acceptors (Lipinski definition) is 2. The van der Waals surface area contributed by atoms with Gasteiger partial charge < -0.3 is 11.1 Å². The van der Waals surface area contributed by atoms with Crippen molar-refractivity contribution >= 4 is 11.6 Å². The average molecular weight is 220 g/mol. The lowest BCUT2D eigenvalue weighted by atomic mass is 10.0. The highest BCUT2D eigenvalue weighted by Gasteiger charge is 2.17. The number of amides is 1. The lowest BCUT2D eigenvalue weighted by molar-refractivity contribution is -0.119. The predicted octanol–water partition coefficient (Wildman–Crippen LogP) is 2.23. The number of nitrogens with one attached hydrogen (secondary N) is 1. The van der Waals surface area contributed by atoms with Gasteiger partial charge in [-0.15, -0.1) is 0 Å². The number of carbonyl (C=O) groups excluding carboxylic acids is 1. The van der Waals surface area contributed by atoms with Gasteiger partial charge in [0.1, 0.15) is 0 Å². The highest BCUT2D eigenvalue weighted by molar-refractivity contribution is 5.93. The van der Waals surface area contributed by atoms with Crippen LogP contribution in [0.2, 0.25) is 0 Å². The van der Waals surface area contributed by atoms with Gasteiger partial charge in [-0.2, -0.15) is 0 Å². The second kappa shape index (κ2) is 5.12. The average Bonchev–Trinajstić information content (AvgIpc) is 2.20. The van der Waals surface area contributed by atoms with Crippen molar-refractivity contribution in [3.63, 3.8) is 0 Å². The number of hydrogen-bond donors (Lipinski definition) is 2. The molecule has 0 saturated carbocycles. The van der Waals surface area contributed by atoms with Gasteiger partial charge in [-0.1, -0.05) is 24.6 Å². The second-order valence-corrected chi connectivity index (χ2v) is 4.46. The Balaban J connectivity index is 2.77. The summed E-state index contributed by atoms with van der Waals surface area (Å²) in [5.41, 5.74) is 8.82. The molecule has 0 saturated heterocycles. The lowest BCUT2D eigenvalue weighted by Gasteiger charge is -2.16. The standard InChI is InChI=1S/C13H20N2O/c1-8-5-6-12(9(2)7-8)15-13(16)10(3)11(4)14/h5-7,10-11H,14H2,1-4H3,(H,15,16). The minimum atomic E-state index is -0.180. The van der Waals surface area contributed by atoms with Crippen LogP contribution < -0.4 is 11.1 Å². The highest BCUT2D eigenvalue weighted by atomic mass is 16.1. The SMILES string of the molecule is Cc1ccc(NC(=O)C(C)C(C)N)c(C)c1. The lowest BCUT2D eigenvalue weighted by Crippen LogP contribution is -2.34. The fourth-order valence-corrected chi connectivity index (χ4v) is 1.44. The summed E-state index contributed by atoms with van der Waals surface area (Å²) in [6.07, 6.45) is 0. The van der Waals surface area contributed by atoms with Crippen LogP contribution in [0.1, 0.15) is 25.0 Å². The van der Waals surface area contributed by atoms with Gasteiger partial charge in [-0.25, -0.2) is 0 Å². The van der Waals surface area contributed by atoms with Crippen molar-refractivity contribution in [2.45, 2.75) is 33.7 Å². The van der Waals surface area contributed by atoms with E-state index in [1.54, 1.807) is 0 Å². The molecule has 0 aliphatic heterocycles. The Morgan fingerprint density at radius 2 is 1.94 bits per heavy atom. The van der Waals surface area contributed by atoms with Crippen LogP contribution in [-0.4, -0.2) is 11.9 Å². The van der Waals surface area contributed by atoms with Crippen molar-refractivity contribution in [1.82, 2.24) is 0 Å². The third kappa shape index (κ3) is 3.07. The van der Waals surface area contributed by atoms with Gasteiger partial charge in [0, 0.05) is 11.7 Å². The van der Waals surface area contributed by atoms with Crippen LogP contribution in [0.25, 0.3) is 0 Å². The fourth-order valence-electron chi connectivity index (χ4n) is 1.44. The van der Waals surface area contributed by atoms with E-state index in [9.17, 15) is 4.79 Å². The summed E-state index contributed by atoms with van der Waals surface area (Å²) in [5, 5.41) is 2.90. The van der Waals surface area contributed by atoms with Gasteiger partial charge in [0.25, 0.3) is 0 Å². The fraction of sp³-hybridized carbons (Fsp3) is 0.462. The Morgan fingerprint density at radius 3 is 2.44 bits per heavy atom. The molecule has 0 bridgehead atoms. The van der Waals surface area contributed by atoms with Crippen LogP contribution in [0.4, 0.5) is 5.69 Å². The molecule has 0 radical (unpaired) electrons. The monoisotopic (exact) mass is 220 g/mol. The number of anilines is 1. The van der Waals surface area contributed by atoms with Gasteiger partial charge in [-0.05, 0) is 32.4 Å². The summed E-state index contributed by atoms with van der Waals surface area (Å²) in [5.74, 6) is -0.206. The number of benzene rings is 1. The molecule has 16 heavy (non-hydrogen) atoms. The third-order valence-electron chi connectivity index (χ3n) is 2.84. The largest absolute Gasteiger partial charge is 0.327 e. The number of rotatable bonds is 3. The van der Waals surface area contributed by atoms with E-state index in [2.05, 4.69) is 5.32 Å². The van der Waals surface area contributed by atoms with E-state index in [4.69, 9.17) is 5.73 Å². The van der Waals surface area contributed by atoms with Gasteiger partial charge >= 0.3 is 0 Å². The maximum absolute atomic E-state index is 11.8. The Hall–Kier alpha value is -1.35. The van der Waals surface area contributed by atoms with E-state index < -0.39 is 0 Å². The van der Waals surface area contributed by atoms with Crippen LogP contribution in [-0.2, 0) is 4.79 Å². The predicted molar refractivity (Wildman–Crippen MR) is 67.4 cm³/mol. The first-order valence-electron chi connectivity index (χ1n) is 5.55. The molecule has 0 spiro atoms. The van der Waals surface area contributed by atoms with Gasteiger partial charge in [-0.3, -0.25) is 4.79 Å². The van der Waals surface area contributed by atoms with Crippen molar-refractivity contribution in [2.24, 2.45) is 11.7 Å². The van der Waals surface area contributed by atoms with Crippen molar-refractivity contribution in [3.8, 4) is 0 Å². The highest BCUT2D eigenvalue weighted by Crippen LogP contribution is 2.17.